The number of rotatable bonds is 2. The molecule has 0 radical (unpaired) electrons. The molecule has 1 aromatic carbocycles. The lowest BCUT2D eigenvalue weighted by atomic mass is 9.83. The normalized spacial score (nSPS) is 20.8. The van der Waals surface area contributed by atoms with Gasteiger partial charge < -0.3 is 0 Å². The Bertz CT molecular complexity index is 426. The lowest BCUT2D eigenvalue weighted by molar-refractivity contribution is -0.122. The molecule has 2 rings (SSSR count). The molecule has 1 fully saturated rings. The average molecular weight is 220 g/mol. The summed E-state index contributed by atoms with van der Waals surface area (Å²) in [6.45, 7) is 0. The van der Waals surface area contributed by atoms with Crippen molar-refractivity contribution in [2.24, 2.45) is 5.92 Å². The smallest absolute Gasteiger partial charge is 0.176 e. The van der Waals surface area contributed by atoms with Gasteiger partial charge in [-0.15, -0.1) is 0 Å². The minimum Gasteiger partial charge on any atom is -0.299 e. The monoisotopic (exact) mass is 220 g/mol. The fourth-order valence-electron chi connectivity index (χ4n) is 2.11. The van der Waals surface area contributed by atoms with Crippen LogP contribution in [0.5, 0.6) is 0 Å². The van der Waals surface area contributed by atoms with Crippen LogP contribution in [0.15, 0.2) is 24.3 Å². The van der Waals surface area contributed by atoms with Crippen molar-refractivity contribution in [3.05, 3.63) is 35.6 Å². The Morgan fingerprint density at radius 1 is 1.25 bits per heavy atom. The standard InChI is InChI=1S/C13H13FO2/c14-11-7-3-1-5-9(11)13(16)10-6-2-4-8-12(10)15/h1,3,5,7,10H,2,4,6,8H2. The van der Waals surface area contributed by atoms with Crippen molar-refractivity contribution in [3.8, 4) is 0 Å². The Balaban J connectivity index is 2.25. The Kier molecular flexibility index (Phi) is 3.13. The highest BCUT2D eigenvalue weighted by atomic mass is 19.1. The van der Waals surface area contributed by atoms with Gasteiger partial charge in [0.25, 0.3) is 0 Å². The maximum atomic E-state index is 13.4. The molecule has 2 nitrogen and oxygen atoms in total. The first-order chi connectivity index (χ1) is 7.70. The van der Waals surface area contributed by atoms with Gasteiger partial charge in [0.05, 0.1) is 11.5 Å². The minimum atomic E-state index is -0.620. The third-order valence-electron chi connectivity index (χ3n) is 3.01. The highest BCUT2D eigenvalue weighted by Gasteiger charge is 2.30. The highest BCUT2D eigenvalue weighted by molar-refractivity contribution is 6.11. The van der Waals surface area contributed by atoms with Crippen LogP contribution < -0.4 is 0 Å². The third kappa shape index (κ3) is 2.03. The van der Waals surface area contributed by atoms with Gasteiger partial charge in [-0.2, -0.15) is 0 Å². The molecular formula is C13H13FO2. The molecule has 1 aliphatic carbocycles. The van der Waals surface area contributed by atoms with Gasteiger partial charge in [-0.1, -0.05) is 18.6 Å². The molecule has 3 heteroatoms. The van der Waals surface area contributed by atoms with Crippen LogP contribution in [0.1, 0.15) is 36.0 Å². The van der Waals surface area contributed by atoms with Crippen molar-refractivity contribution in [2.75, 3.05) is 0 Å². The molecule has 16 heavy (non-hydrogen) atoms. The molecular weight excluding hydrogens is 207 g/mol. The van der Waals surface area contributed by atoms with E-state index in [0.717, 1.165) is 12.8 Å². The van der Waals surface area contributed by atoms with Crippen LogP contribution >= 0.6 is 0 Å². The molecule has 84 valence electrons. The molecule has 0 aliphatic heterocycles. The van der Waals surface area contributed by atoms with Crippen molar-refractivity contribution in [3.63, 3.8) is 0 Å². The maximum absolute atomic E-state index is 13.4. The lowest BCUT2D eigenvalue weighted by Crippen LogP contribution is -2.27. The van der Waals surface area contributed by atoms with Crippen molar-refractivity contribution in [1.29, 1.82) is 0 Å². The predicted molar refractivity (Wildman–Crippen MR) is 57.7 cm³/mol. The molecule has 0 amide bonds. The average Bonchev–Trinajstić information content (AvgIpc) is 2.29. The highest BCUT2D eigenvalue weighted by Crippen LogP contribution is 2.25. The number of carbonyl (C=O) groups excluding carboxylic acids is 2. The van der Waals surface area contributed by atoms with E-state index in [2.05, 4.69) is 0 Å². The first-order valence-corrected chi connectivity index (χ1v) is 5.51. The van der Waals surface area contributed by atoms with E-state index < -0.39 is 11.7 Å². The van der Waals surface area contributed by atoms with Crippen LogP contribution in [0, 0.1) is 11.7 Å². The molecule has 0 spiro atoms. The van der Waals surface area contributed by atoms with Gasteiger partial charge in [0.1, 0.15) is 11.6 Å². The molecule has 0 N–H and O–H groups in total. The number of Topliss-reactive ketones (excluding diaryl/α,β-unsaturated/α-hetero) is 2. The quantitative estimate of drug-likeness (QED) is 0.567. The third-order valence-corrected chi connectivity index (χ3v) is 3.01. The van der Waals surface area contributed by atoms with E-state index in [1.807, 2.05) is 0 Å². The zero-order valence-corrected chi connectivity index (χ0v) is 8.91. The molecule has 0 heterocycles. The van der Waals surface area contributed by atoms with Gasteiger partial charge in [-0.25, -0.2) is 4.39 Å². The van der Waals surface area contributed by atoms with E-state index in [4.69, 9.17) is 0 Å². The van der Waals surface area contributed by atoms with Crippen LogP contribution in [-0.4, -0.2) is 11.6 Å². The van der Waals surface area contributed by atoms with E-state index in [9.17, 15) is 14.0 Å². The molecule has 1 aliphatic rings. The van der Waals surface area contributed by atoms with Crippen LogP contribution in [0.3, 0.4) is 0 Å². The molecule has 0 saturated heterocycles. The summed E-state index contributed by atoms with van der Waals surface area (Å²) >= 11 is 0. The molecule has 0 aromatic heterocycles. The van der Waals surface area contributed by atoms with Crippen LogP contribution in [0.25, 0.3) is 0 Å². The summed E-state index contributed by atoms with van der Waals surface area (Å²) in [5, 5.41) is 0. The molecule has 1 unspecified atom stereocenters. The molecule has 1 saturated carbocycles. The molecule has 1 aromatic rings. The van der Waals surface area contributed by atoms with E-state index in [1.54, 1.807) is 6.07 Å². The van der Waals surface area contributed by atoms with Crippen LogP contribution in [0.2, 0.25) is 0 Å². The number of benzene rings is 1. The maximum Gasteiger partial charge on any atom is 0.176 e. The Morgan fingerprint density at radius 3 is 2.69 bits per heavy atom. The zero-order valence-electron chi connectivity index (χ0n) is 8.91. The number of halogens is 1. The Labute approximate surface area is 93.5 Å². The minimum absolute atomic E-state index is 0.0421. The van der Waals surface area contributed by atoms with E-state index in [-0.39, 0.29) is 17.1 Å². The summed E-state index contributed by atoms with van der Waals surface area (Å²) < 4.78 is 13.4. The summed E-state index contributed by atoms with van der Waals surface area (Å²) in [4.78, 5) is 23.5. The van der Waals surface area contributed by atoms with Crippen molar-refractivity contribution in [2.45, 2.75) is 25.7 Å². The lowest BCUT2D eigenvalue weighted by Gasteiger charge is -2.19. The van der Waals surface area contributed by atoms with Crippen molar-refractivity contribution >= 4 is 11.6 Å². The fourth-order valence-corrected chi connectivity index (χ4v) is 2.11. The summed E-state index contributed by atoms with van der Waals surface area (Å²) in [7, 11) is 0. The van der Waals surface area contributed by atoms with Gasteiger partial charge in [-0.05, 0) is 25.0 Å². The predicted octanol–water partition coefficient (Wildman–Crippen LogP) is 2.77. The molecule has 0 bridgehead atoms. The fraction of sp³-hybridized carbons (Fsp3) is 0.385. The Hall–Kier alpha value is -1.51. The van der Waals surface area contributed by atoms with E-state index >= 15 is 0 Å². The van der Waals surface area contributed by atoms with Gasteiger partial charge >= 0.3 is 0 Å². The number of hydrogen-bond donors (Lipinski definition) is 0. The Morgan fingerprint density at radius 2 is 2.00 bits per heavy atom. The summed E-state index contributed by atoms with van der Waals surface area (Å²) in [6, 6.07) is 5.85. The second-order valence-electron chi connectivity index (χ2n) is 4.11. The van der Waals surface area contributed by atoms with E-state index in [0.29, 0.717) is 12.8 Å². The van der Waals surface area contributed by atoms with Gasteiger partial charge in [-0.3, -0.25) is 9.59 Å². The number of ketones is 2. The largest absolute Gasteiger partial charge is 0.299 e. The van der Waals surface area contributed by atoms with Crippen LogP contribution in [0.4, 0.5) is 4.39 Å². The van der Waals surface area contributed by atoms with Gasteiger partial charge in [0, 0.05) is 6.42 Å². The van der Waals surface area contributed by atoms with Gasteiger partial charge in [0.15, 0.2) is 5.78 Å². The SMILES string of the molecule is O=C1CCCCC1C(=O)c1ccccc1F. The zero-order chi connectivity index (χ0) is 11.5. The number of carbonyl (C=O) groups is 2. The van der Waals surface area contributed by atoms with Crippen molar-refractivity contribution in [1.82, 2.24) is 0 Å². The topological polar surface area (TPSA) is 34.1 Å². The van der Waals surface area contributed by atoms with Crippen molar-refractivity contribution < 1.29 is 14.0 Å². The summed E-state index contributed by atoms with van der Waals surface area (Å²) in [5.74, 6) is -1.56. The first-order valence-electron chi connectivity index (χ1n) is 5.51. The summed E-state index contributed by atoms with van der Waals surface area (Å²) in [5.41, 5.74) is 0.0442. The second-order valence-corrected chi connectivity index (χ2v) is 4.11. The summed E-state index contributed by atoms with van der Waals surface area (Å²) in [6.07, 6.45) is 2.73. The van der Waals surface area contributed by atoms with E-state index in [1.165, 1.54) is 18.2 Å². The second kappa shape index (κ2) is 4.56. The van der Waals surface area contributed by atoms with Gasteiger partial charge in [0.2, 0.25) is 0 Å². The van der Waals surface area contributed by atoms with Crippen LogP contribution in [-0.2, 0) is 4.79 Å². The number of hydrogen-bond acceptors (Lipinski definition) is 2. The first kappa shape index (κ1) is 11.0. The molecule has 1 atom stereocenters.